The molecule has 0 aromatic heterocycles. The van der Waals surface area contributed by atoms with Gasteiger partial charge >= 0.3 is 0 Å². The molecule has 14 heavy (non-hydrogen) atoms. The highest BCUT2D eigenvalue weighted by Crippen LogP contribution is 2.53. The fourth-order valence-electron chi connectivity index (χ4n) is 1.56. The summed E-state index contributed by atoms with van der Waals surface area (Å²) in [6.07, 6.45) is 1.57. The molecule has 1 aromatic carbocycles. The second-order valence-corrected chi connectivity index (χ2v) is 4.29. The summed E-state index contributed by atoms with van der Waals surface area (Å²) in [5, 5.41) is 19.0. The molecule has 0 unspecified atom stereocenters. The van der Waals surface area contributed by atoms with Crippen LogP contribution in [-0.2, 0) is 5.41 Å². The number of hydrogen-bond donors (Lipinski definition) is 1. The summed E-state index contributed by atoms with van der Waals surface area (Å²) in [6, 6.07) is 5.05. The van der Waals surface area contributed by atoms with Gasteiger partial charge in [0.05, 0.1) is 21.5 Å². The maximum Gasteiger partial charge on any atom is 0.118 e. The summed E-state index contributed by atoms with van der Waals surface area (Å²) in [6.45, 7) is 0. The first-order valence-electron chi connectivity index (χ1n) is 4.19. The number of rotatable bonds is 1. The summed E-state index contributed by atoms with van der Waals surface area (Å²) in [5.41, 5.74) is 0.142. The molecule has 0 atom stereocenters. The third-order valence-electron chi connectivity index (χ3n) is 2.47. The Bertz CT molecular complexity index is 409. The van der Waals surface area contributed by atoms with Gasteiger partial charge in [0.25, 0.3) is 0 Å². The third-order valence-corrected chi connectivity index (χ3v) is 3.07. The largest absolute Gasteiger partial charge is 0.508 e. The van der Waals surface area contributed by atoms with Gasteiger partial charge in [-0.2, -0.15) is 5.26 Å². The Morgan fingerprint density at radius 1 is 1.29 bits per heavy atom. The Labute approximate surface area is 91.7 Å². The summed E-state index contributed by atoms with van der Waals surface area (Å²) in [7, 11) is 0. The maximum absolute atomic E-state index is 9.23. The van der Waals surface area contributed by atoms with Gasteiger partial charge in [-0.1, -0.05) is 23.2 Å². The van der Waals surface area contributed by atoms with E-state index in [9.17, 15) is 5.11 Å². The fraction of sp³-hybridized carbons (Fsp3) is 0.300. The number of hydrogen-bond acceptors (Lipinski definition) is 2. The number of nitriles is 1. The van der Waals surface area contributed by atoms with E-state index in [-0.39, 0.29) is 5.75 Å². The highest BCUT2D eigenvalue weighted by molar-refractivity contribution is 6.36. The second kappa shape index (κ2) is 3.05. The highest BCUT2D eigenvalue weighted by Gasteiger charge is 2.47. The van der Waals surface area contributed by atoms with Crippen LogP contribution in [0.25, 0.3) is 0 Å². The lowest BCUT2D eigenvalue weighted by Crippen LogP contribution is -2.04. The lowest BCUT2D eigenvalue weighted by atomic mass is 9.97. The number of phenolic OH excluding ortho intramolecular Hbond substituents is 1. The lowest BCUT2D eigenvalue weighted by Gasteiger charge is -2.11. The minimum atomic E-state index is -0.512. The molecule has 2 nitrogen and oxygen atoms in total. The molecule has 1 aromatic rings. The average molecular weight is 228 g/mol. The van der Waals surface area contributed by atoms with Gasteiger partial charge in [-0.05, 0) is 25.0 Å². The fourth-order valence-corrected chi connectivity index (χ4v) is 2.40. The van der Waals surface area contributed by atoms with Crippen LogP contribution in [0.4, 0.5) is 0 Å². The van der Waals surface area contributed by atoms with Crippen molar-refractivity contribution < 1.29 is 5.11 Å². The Morgan fingerprint density at radius 3 is 2.14 bits per heavy atom. The van der Waals surface area contributed by atoms with Crippen molar-refractivity contribution in [3.8, 4) is 11.8 Å². The van der Waals surface area contributed by atoms with E-state index >= 15 is 0 Å². The van der Waals surface area contributed by atoms with Gasteiger partial charge in [0.2, 0.25) is 0 Å². The van der Waals surface area contributed by atoms with Crippen LogP contribution >= 0.6 is 23.2 Å². The molecular formula is C10H7Cl2NO. The van der Waals surface area contributed by atoms with Gasteiger partial charge in [0.1, 0.15) is 5.75 Å². The SMILES string of the molecule is N#CC1(c2c(Cl)cc(O)cc2Cl)CC1. The standard InChI is InChI=1S/C10H7Cl2NO/c11-7-3-6(14)4-8(12)9(7)10(5-13)1-2-10/h3-4,14H,1-2H2. The van der Waals surface area contributed by atoms with Crippen LogP contribution in [-0.4, -0.2) is 5.11 Å². The van der Waals surface area contributed by atoms with Crippen LogP contribution < -0.4 is 0 Å². The molecule has 1 aliphatic carbocycles. The summed E-state index contributed by atoms with van der Waals surface area (Å²) in [5.74, 6) is 0.0255. The minimum absolute atomic E-state index is 0.0255. The molecule has 1 saturated carbocycles. The third kappa shape index (κ3) is 1.33. The smallest absolute Gasteiger partial charge is 0.118 e. The Hall–Kier alpha value is -0.910. The average Bonchev–Trinajstić information content (AvgIpc) is 2.83. The number of aromatic hydroxyl groups is 1. The number of nitrogens with zero attached hydrogens (tertiary/aromatic N) is 1. The minimum Gasteiger partial charge on any atom is -0.508 e. The molecule has 2 rings (SSSR count). The molecule has 0 bridgehead atoms. The Kier molecular flexibility index (Phi) is 2.10. The van der Waals surface area contributed by atoms with Crippen molar-refractivity contribution in [2.24, 2.45) is 0 Å². The quantitative estimate of drug-likeness (QED) is 0.801. The van der Waals surface area contributed by atoms with Crippen molar-refractivity contribution in [2.75, 3.05) is 0 Å². The molecule has 0 heterocycles. The van der Waals surface area contributed by atoms with E-state index in [4.69, 9.17) is 28.5 Å². The lowest BCUT2D eigenvalue weighted by molar-refractivity contribution is 0.475. The van der Waals surface area contributed by atoms with Crippen molar-refractivity contribution in [1.82, 2.24) is 0 Å². The van der Waals surface area contributed by atoms with Gasteiger partial charge in [-0.15, -0.1) is 0 Å². The zero-order valence-electron chi connectivity index (χ0n) is 7.22. The van der Waals surface area contributed by atoms with Crippen molar-refractivity contribution in [3.63, 3.8) is 0 Å². The van der Waals surface area contributed by atoms with Crippen LogP contribution in [0.2, 0.25) is 10.0 Å². The van der Waals surface area contributed by atoms with E-state index in [0.717, 1.165) is 12.8 Å². The van der Waals surface area contributed by atoms with Crippen molar-refractivity contribution in [3.05, 3.63) is 27.7 Å². The molecule has 0 saturated heterocycles. The van der Waals surface area contributed by atoms with Crippen LogP contribution in [0.1, 0.15) is 18.4 Å². The molecule has 72 valence electrons. The molecule has 4 heteroatoms. The van der Waals surface area contributed by atoms with Crippen LogP contribution in [0.15, 0.2) is 12.1 Å². The zero-order chi connectivity index (χ0) is 10.3. The molecular weight excluding hydrogens is 221 g/mol. The van der Waals surface area contributed by atoms with E-state index in [1.54, 1.807) is 0 Å². The normalized spacial score (nSPS) is 17.5. The molecule has 0 aliphatic heterocycles. The van der Waals surface area contributed by atoms with Crippen molar-refractivity contribution in [1.29, 1.82) is 5.26 Å². The molecule has 0 amide bonds. The van der Waals surface area contributed by atoms with E-state index in [1.165, 1.54) is 12.1 Å². The molecule has 1 fully saturated rings. The van der Waals surface area contributed by atoms with Crippen LogP contribution in [0.5, 0.6) is 5.75 Å². The van der Waals surface area contributed by atoms with Crippen molar-refractivity contribution in [2.45, 2.75) is 18.3 Å². The summed E-state index contributed by atoms with van der Waals surface area (Å²) in [4.78, 5) is 0. The molecule has 1 N–H and O–H groups in total. The monoisotopic (exact) mass is 227 g/mol. The zero-order valence-corrected chi connectivity index (χ0v) is 8.73. The molecule has 1 aliphatic rings. The maximum atomic E-state index is 9.23. The molecule has 0 radical (unpaired) electrons. The van der Waals surface area contributed by atoms with Crippen LogP contribution in [0, 0.1) is 11.3 Å². The first-order valence-corrected chi connectivity index (χ1v) is 4.94. The van der Waals surface area contributed by atoms with Gasteiger partial charge < -0.3 is 5.11 Å². The van der Waals surface area contributed by atoms with Gasteiger partial charge in [-0.3, -0.25) is 0 Å². The predicted octanol–water partition coefficient (Wildman–Crippen LogP) is 3.25. The predicted molar refractivity (Wildman–Crippen MR) is 54.7 cm³/mol. The summed E-state index contributed by atoms with van der Waals surface area (Å²) >= 11 is 11.9. The highest BCUT2D eigenvalue weighted by atomic mass is 35.5. The van der Waals surface area contributed by atoms with Gasteiger partial charge in [0.15, 0.2) is 0 Å². The van der Waals surface area contributed by atoms with Gasteiger partial charge in [-0.25, -0.2) is 0 Å². The number of halogens is 2. The second-order valence-electron chi connectivity index (χ2n) is 3.48. The van der Waals surface area contributed by atoms with Gasteiger partial charge in [0, 0.05) is 5.56 Å². The molecule has 0 spiro atoms. The Balaban J connectivity index is 2.60. The number of phenols is 1. The number of benzene rings is 1. The van der Waals surface area contributed by atoms with E-state index in [0.29, 0.717) is 15.6 Å². The van der Waals surface area contributed by atoms with Crippen LogP contribution in [0.3, 0.4) is 0 Å². The summed E-state index contributed by atoms with van der Waals surface area (Å²) < 4.78 is 0. The van der Waals surface area contributed by atoms with Crippen molar-refractivity contribution >= 4 is 23.2 Å². The topological polar surface area (TPSA) is 44.0 Å². The first kappa shape index (κ1) is 9.64. The van der Waals surface area contributed by atoms with E-state index in [2.05, 4.69) is 6.07 Å². The van der Waals surface area contributed by atoms with E-state index < -0.39 is 5.41 Å². The first-order chi connectivity index (χ1) is 6.59. The Morgan fingerprint density at radius 2 is 1.79 bits per heavy atom. The van der Waals surface area contributed by atoms with E-state index in [1.807, 2.05) is 0 Å².